The van der Waals surface area contributed by atoms with Crippen LogP contribution in [0.2, 0.25) is 0 Å². The zero-order valence-corrected chi connectivity index (χ0v) is 18.4. The summed E-state index contributed by atoms with van der Waals surface area (Å²) >= 11 is 1.46. The van der Waals surface area contributed by atoms with Gasteiger partial charge in [-0.15, -0.1) is 23.2 Å². The molecule has 0 fully saturated rings. The lowest BCUT2D eigenvalue weighted by Crippen LogP contribution is -2.03. The molecule has 0 saturated heterocycles. The summed E-state index contributed by atoms with van der Waals surface area (Å²) in [5.41, 5.74) is 0.617. The minimum atomic E-state index is -0.846. The number of hydrogen-bond acceptors (Lipinski definition) is 5. The molecule has 0 unspecified atom stereocenters. The van der Waals surface area contributed by atoms with E-state index in [0.29, 0.717) is 5.69 Å². The second-order valence-electron chi connectivity index (χ2n) is 7.34. The second-order valence-corrected chi connectivity index (χ2v) is 8.20. The number of nitrogens with one attached hydrogen (secondary N) is 1. The van der Waals surface area contributed by atoms with E-state index in [1.165, 1.54) is 56.3 Å². The van der Waals surface area contributed by atoms with Crippen LogP contribution in [0.4, 0.5) is 5.13 Å². The van der Waals surface area contributed by atoms with E-state index in [2.05, 4.69) is 22.1 Å². The zero-order valence-electron chi connectivity index (χ0n) is 17.6. The Morgan fingerprint density at radius 1 is 0.966 bits per heavy atom. The molecule has 1 heterocycles. The normalized spacial score (nSPS) is 10.3. The van der Waals surface area contributed by atoms with Crippen molar-refractivity contribution in [3.8, 4) is 11.8 Å². The van der Waals surface area contributed by atoms with Crippen LogP contribution in [0.25, 0.3) is 0 Å². The zero-order chi connectivity index (χ0) is 21.0. The van der Waals surface area contributed by atoms with E-state index in [0.717, 1.165) is 62.9 Å². The minimum Gasteiger partial charge on any atom is -0.481 e. The number of carbonyl (C=O) groups is 2. The van der Waals surface area contributed by atoms with E-state index >= 15 is 0 Å². The van der Waals surface area contributed by atoms with Gasteiger partial charge < -0.3 is 15.2 Å². The molecule has 0 aliphatic rings. The topological polar surface area (TPSA) is 79.3 Å². The number of thiazole rings is 1. The van der Waals surface area contributed by atoms with Gasteiger partial charge in [0.2, 0.25) is 0 Å². The highest BCUT2D eigenvalue weighted by Gasteiger charge is 2.05. The van der Waals surface area contributed by atoms with Crippen LogP contribution in [-0.4, -0.2) is 28.9 Å². The van der Waals surface area contributed by atoms with Crippen molar-refractivity contribution in [1.82, 2.24) is 4.98 Å². The van der Waals surface area contributed by atoms with Crippen molar-refractivity contribution >= 4 is 28.7 Å². The number of nitrogens with zero attached hydrogens (tertiary/aromatic N) is 1. The summed E-state index contributed by atoms with van der Waals surface area (Å²) in [5, 5.41) is 14.6. The predicted molar refractivity (Wildman–Crippen MR) is 120 cm³/mol. The first-order valence-electron chi connectivity index (χ1n) is 11.0. The molecule has 1 aromatic rings. The van der Waals surface area contributed by atoms with Crippen molar-refractivity contribution < 1.29 is 14.7 Å². The molecular weight excluding hydrogens is 384 g/mol. The van der Waals surface area contributed by atoms with Gasteiger partial charge in [-0.25, -0.2) is 4.98 Å². The summed E-state index contributed by atoms with van der Waals surface area (Å²) < 4.78 is 0. The summed E-state index contributed by atoms with van der Waals surface area (Å²) in [6.45, 7) is 0.866. The molecule has 0 amide bonds. The molecule has 0 aliphatic carbocycles. The lowest BCUT2D eigenvalue weighted by molar-refractivity contribution is -0.136. The lowest BCUT2D eigenvalue weighted by Gasteiger charge is -2.01. The van der Waals surface area contributed by atoms with E-state index in [1.54, 1.807) is 5.38 Å². The molecule has 1 aromatic heterocycles. The number of rotatable bonds is 18. The van der Waals surface area contributed by atoms with E-state index < -0.39 is 5.97 Å². The predicted octanol–water partition coefficient (Wildman–Crippen LogP) is 5.85. The molecule has 1 rings (SSSR count). The Morgan fingerprint density at radius 3 is 2.17 bits per heavy atom. The highest BCUT2D eigenvalue weighted by molar-refractivity contribution is 7.13. The third-order valence-electron chi connectivity index (χ3n) is 4.64. The maximum Gasteiger partial charge on any atom is 0.309 e. The number of hydrogen-bond donors (Lipinski definition) is 2. The molecule has 0 bridgehead atoms. The Morgan fingerprint density at radius 2 is 1.55 bits per heavy atom. The number of carboxylic acids is 1. The van der Waals surface area contributed by atoms with Crippen molar-refractivity contribution in [3.05, 3.63) is 11.1 Å². The standard InChI is InChI=1S/C23H36N2O3S/c26-18-16-14-12-10-8-6-4-2-1-3-5-7-9-11-13-15-17-24-23-25-21(20-29-23)19-22(27)28/h18,20H,1-4,6,8-17,19H2,(H,24,25)(H,27,28). The van der Waals surface area contributed by atoms with E-state index in [1.807, 2.05) is 0 Å². The fourth-order valence-corrected chi connectivity index (χ4v) is 3.75. The fourth-order valence-electron chi connectivity index (χ4n) is 3.01. The van der Waals surface area contributed by atoms with Crippen molar-refractivity contribution in [2.24, 2.45) is 0 Å². The van der Waals surface area contributed by atoms with E-state index in [-0.39, 0.29) is 6.42 Å². The third kappa shape index (κ3) is 15.7. The van der Waals surface area contributed by atoms with Crippen molar-refractivity contribution in [1.29, 1.82) is 0 Å². The molecule has 29 heavy (non-hydrogen) atoms. The quantitative estimate of drug-likeness (QED) is 0.177. The first kappa shape index (κ1) is 25.2. The third-order valence-corrected chi connectivity index (χ3v) is 5.49. The molecule has 0 aromatic carbocycles. The second kappa shape index (κ2) is 18.2. The number of aldehydes is 1. The number of carbonyl (C=O) groups excluding carboxylic acids is 1. The van der Waals surface area contributed by atoms with Gasteiger partial charge in [0, 0.05) is 31.2 Å². The number of carboxylic acid groups (broad SMARTS) is 1. The van der Waals surface area contributed by atoms with Gasteiger partial charge in [0.1, 0.15) is 6.29 Å². The molecule has 5 nitrogen and oxygen atoms in total. The van der Waals surface area contributed by atoms with Gasteiger partial charge in [-0.3, -0.25) is 4.79 Å². The molecule has 6 heteroatoms. The van der Waals surface area contributed by atoms with Crippen LogP contribution in [0.3, 0.4) is 0 Å². The van der Waals surface area contributed by atoms with Gasteiger partial charge in [-0.2, -0.15) is 0 Å². The minimum absolute atomic E-state index is 0.0136. The average molecular weight is 421 g/mol. The van der Waals surface area contributed by atoms with Crippen LogP contribution in [0.15, 0.2) is 5.38 Å². The largest absolute Gasteiger partial charge is 0.481 e. The molecule has 0 atom stereocenters. The molecule has 162 valence electrons. The summed E-state index contributed by atoms with van der Waals surface area (Å²) in [6, 6.07) is 0. The van der Waals surface area contributed by atoms with Crippen molar-refractivity contribution in [2.45, 2.75) is 96.3 Å². The first-order chi connectivity index (χ1) is 14.2. The van der Waals surface area contributed by atoms with Gasteiger partial charge >= 0.3 is 5.97 Å². The van der Waals surface area contributed by atoms with Crippen LogP contribution in [0, 0.1) is 11.8 Å². The summed E-state index contributed by atoms with van der Waals surface area (Å²) in [7, 11) is 0. The van der Waals surface area contributed by atoms with Gasteiger partial charge in [0.15, 0.2) is 5.13 Å². The summed E-state index contributed by atoms with van der Waals surface area (Å²) in [5.74, 6) is 5.73. The van der Waals surface area contributed by atoms with Crippen molar-refractivity contribution in [2.75, 3.05) is 11.9 Å². The number of anilines is 1. The van der Waals surface area contributed by atoms with Crippen molar-refractivity contribution in [3.63, 3.8) is 0 Å². The Labute approximate surface area is 179 Å². The Kier molecular flexibility index (Phi) is 15.8. The Bertz CT molecular complexity index is 619. The van der Waals surface area contributed by atoms with E-state index in [4.69, 9.17) is 5.11 Å². The maximum absolute atomic E-state index is 10.6. The molecule has 0 saturated carbocycles. The summed E-state index contributed by atoms with van der Waals surface area (Å²) in [4.78, 5) is 25.1. The number of aliphatic carboxylic acids is 1. The first-order valence-corrected chi connectivity index (χ1v) is 11.9. The van der Waals surface area contributed by atoms with Gasteiger partial charge in [0.25, 0.3) is 0 Å². The average Bonchev–Trinajstić information content (AvgIpc) is 3.13. The Hall–Kier alpha value is -1.87. The van der Waals surface area contributed by atoms with E-state index in [9.17, 15) is 9.59 Å². The highest BCUT2D eigenvalue weighted by Crippen LogP contribution is 2.16. The fraction of sp³-hybridized carbons (Fsp3) is 0.696. The molecule has 0 spiro atoms. The van der Waals surface area contributed by atoms with Gasteiger partial charge in [0.05, 0.1) is 12.1 Å². The SMILES string of the molecule is O=CCCCCCCCCCCC#CCCCCCNc1nc(CC(=O)O)cs1. The molecular formula is C23H36N2O3S. The van der Waals surface area contributed by atoms with Crippen LogP contribution < -0.4 is 5.32 Å². The van der Waals surface area contributed by atoms with Crippen LogP contribution in [-0.2, 0) is 16.0 Å². The van der Waals surface area contributed by atoms with Gasteiger partial charge in [-0.1, -0.05) is 44.9 Å². The van der Waals surface area contributed by atoms with Crippen LogP contribution in [0.5, 0.6) is 0 Å². The molecule has 0 radical (unpaired) electrons. The lowest BCUT2D eigenvalue weighted by atomic mass is 10.1. The van der Waals surface area contributed by atoms with Crippen LogP contribution in [0.1, 0.15) is 95.6 Å². The maximum atomic E-state index is 10.6. The monoisotopic (exact) mass is 420 g/mol. The highest BCUT2D eigenvalue weighted by atomic mass is 32.1. The molecule has 2 N–H and O–H groups in total. The number of aromatic nitrogens is 1. The van der Waals surface area contributed by atoms with Crippen LogP contribution >= 0.6 is 11.3 Å². The summed E-state index contributed by atoms with van der Waals surface area (Å²) in [6.07, 6.45) is 17.0. The number of unbranched alkanes of at least 4 members (excludes halogenated alkanes) is 12. The molecule has 0 aliphatic heterocycles. The van der Waals surface area contributed by atoms with Gasteiger partial charge in [-0.05, 0) is 25.7 Å². The Balaban J connectivity index is 1.84. The smallest absolute Gasteiger partial charge is 0.309 e.